The standard InChI is InChI=1S/C2H9O10P3/c1-9-14(6,7)12-15(8,10-2)11-13(3,4)5/h1-2H3,(H,6,7)(H2,3,4,5). The topological polar surface area (TPSA) is 149 Å². The molecule has 3 N–H and O–H groups in total. The normalized spacial score (nSPS) is 20.6. The van der Waals surface area contributed by atoms with Gasteiger partial charge in [-0.3, -0.25) is 9.05 Å². The van der Waals surface area contributed by atoms with Gasteiger partial charge in [-0.05, 0) is 0 Å². The Morgan fingerprint density at radius 3 is 1.60 bits per heavy atom. The second-order valence-corrected chi connectivity index (χ2v) is 6.78. The zero-order valence-corrected chi connectivity index (χ0v) is 10.2. The fraction of sp³-hybridized carbons (Fsp3) is 1.00. The van der Waals surface area contributed by atoms with Crippen molar-refractivity contribution in [2.24, 2.45) is 0 Å². The van der Waals surface area contributed by atoms with Gasteiger partial charge in [-0.15, -0.1) is 0 Å². The highest BCUT2D eigenvalue weighted by Gasteiger charge is 2.42. The molecule has 0 amide bonds. The second-order valence-electron chi connectivity index (χ2n) is 1.93. The van der Waals surface area contributed by atoms with Gasteiger partial charge in [0, 0.05) is 14.2 Å². The quantitative estimate of drug-likeness (QED) is 0.592. The SMILES string of the molecule is COP(=O)(O)OP(=O)(OC)OP(=O)(O)O. The van der Waals surface area contributed by atoms with E-state index in [1.54, 1.807) is 0 Å². The van der Waals surface area contributed by atoms with Gasteiger partial charge in [0.05, 0.1) is 0 Å². The van der Waals surface area contributed by atoms with Crippen molar-refractivity contribution in [3.63, 3.8) is 0 Å². The number of rotatable bonds is 6. The molecule has 0 aromatic rings. The van der Waals surface area contributed by atoms with Gasteiger partial charge in [-0.2, -0.15) is 8.62 Å². The molecule has 0 saturated carbocycles. The monoisotopic (exact) mass is 286 g/mol. The molecule has 10 nitrogen and oxygen atoms in total. The lowest BCUT2D eigenvalue weighted by Gasteiger charge is -2.17. The summed E-state index contributed by atoms with van der Waals surface area (Å²) in [5.41, 5.74) is 0. The van der Waals surface area contributed by atoms with Gasteiger partial charge in [0.25, 0.3) is 0 Å². The predicted octanol–water partition coefficient (Wildman–Crippen LogP) is 0.614. The first kappa shape index (κ1) is 15.4. The molecule has 15 heavy (non-hydrogen) atoms. The van der Waals surface area contributed by atoms with Gasteiger partial charge >= 0.3 is 23.5 Å². The number of phosphoric ester groups is 1. The van der Waals surface area contributed by atoms with E-state index in [4.69, 9.17) is 14.7 Å². The molecule has 92 valence electrons. The van der Waals surface area contributed by atoms with Crippen LogP contribution in [0.25, 0.3) is 0 Å². The van der Waals surface area contributed by atoms with Crippen molar-refractivity contribution < 1.29 is 46.0 Å². The first-order valence-electron chi connectivity index (χ1n) is 3.06. The summed E-state index contributed by atoms with van der Waals surface area (Å²) in [6.45, 7) is 0. The van der Waals surface area contributed by atoms with Gasteiger partial charge in [0.2, 0.25) is 0 Å². The van der Waals surface area contributed by atoms with E-state index in [-0.39, 0.29) is 0 Å². The molecule has 2 atom stereocenters. The summed E-state index contributed by atoms with van der Waals surface area (Å²) < 4.78 is 47.5. The minimum absolute atomic E-state index is 0.700. The summed E-state index contributed by atoms with van der Waals surface area (Å²) in [5, 5.41) is 0. The summed E-state index contributed by atoms with van der Waals surface area (Å²) in [7, 11) is -13.4. The van der Waals surface area contributed by atoms with Crippen LogP contribution in [0.2, 0.25) is 0 Å². The van der Waals surface area contributed by atoms with Crippen molar-refractivity contribution in [2.45, 2.75) is 0 Å². The molecule has 0 radical (unpaired) electrons. The maximum Gasteiger partial charge on any atom is 0.492 e. The van der Waals surface area contributed by atoms with Crippen LogP contribution in [-0.2, 0) is 31.4 Å². The summed E-state index contributed by atoms with van der Waals surface area (Å²) >= 11 is 0. The van der Waals surface area contributed by atoms with Crippen molar-refractivity contribution >= 4 is 23.5 Å². The highest BCUT2D eigenvalue weighted by Crippen LogP contribution is 2.68. The lowest BCUT2D eigenvalue weighted by atomic mass is 11.8. The highest BCUT2D eigenvalue weighted by molar-refractivity contribution is 7.67. The summed E-state index contributed by atoms with van der Waals surface area (Å²) in [4.78, 5) is 25.3. The van der Waals surface area contributed by atoms with E-state index in [9.17, 15) is 13.7 Å². The van der Waals surface area contributed by atoms with E-state index in [2.05, 4.69) is 17.7 Å². The second kappa shape index (κ2) is 5.16. The molecule has 0 rings (SSSR count). The smallest absolute Gasteiger partial charge is 0.302 e. The lowest BCUT2D eigenvalue weighted by molar-refractivity contribution is 0.176. The predicted molar refractivity (Wildman–Crippen MR) is 45.7 cm³/mol. The molecular formula is C2H9O10P3. The van der Waals surface area contributed by atoms with Crippen LogP contribution in [0, 0.1) is 0 Å². The van der Waals surface area contributed by atoms with Crippen molar-refractivity contribution in [2.75, 3.05) is 14.2 Å². The Bertz CT molecular complexity index is 341. The van der Waals surface area contributed by atoms with Crippen LogP contribution in [0.3, 0.4) is 0 Å². The average molecular weight is 286 g/mol. The minimum Gasteiger partial charge on any atom is -0.302 e. The Balaban J connectivity index is 4.82. The third kappa shape index (κ3) is 6.55. The van der Waals surface area contributed by atoms with E-state index >= 15 is 0 Å². The lowest BCUT2D eigenvalue weighted by Crippen LogP contribution is -1.96. The maximum atomic E-state index is 11.2. The fourth-order valence-electron chi connectivity index (χ4n) is 0.372. The van der Waals surface area contributed by atoms with E-state index in [0.29, 0.717) is 7.11 Å². The zero-order chi connectivity index (χ0) is 12.3. The van der Waals surface area contributed by atoms with E-state index in [1.807, 2.05) is 0 Å². The van der Waals surface area contributed by atoms with Crippen LogP contribution in [0.4, 0.5) is 0 Å². The third-order valence-corrected chi connectivity index (χ3v) is 5.05. The molecule has 0 aliphatic rings. The summed E-state index contributed by atoms with van der Waals surface area (Å²) in [6.07, 6.45) is 0. The van der Waals surface area contributed by atoms with Crippen LogP contribution < -0.4 is 0 Å². The molecule has 0 spiro atoms. The summed E-state index contributed by atoms with van der Waals surface area (Å²) in [6, 6.07) is 0. The number of hydrogen-bond donors (Lipinski definition) is 3. The molecule has 13 heteroatoms. The molecular weight excluding hydrogens is 277 g/mol. The van der Waals surface area contributed by atoms with Gasteiger partial charge < -0.3 is 14.7 Å². The minimum atomic E-state index is -5.20. The Kier molecular flexibility index (Phi) is 5.30. The van der Waals surface area contributed by atoms with Crippen molar-refractivity contribution in [1.82, 2.24) is 0 Å². The van der Waals surface area contributed by atoms with Crippen LogP contribution in [0.15, 0.2) is 0 Å². The van der Waals surface area contributed by atoms with E-state index in [0.717, 1.165) is 7.11 Å². The number of phosphoric acid groups is 3. The van der Waals surface area contributed by atoms with Gasteiger partial charge in [0.15, 0.2) is 0 Å². The molecule has 0 aliphatic carbocycles. The molecule has 0 aliphatic heterocycles. The Morgan fingerprint density at radius 1 is 0.867 bits per heavy atom. The Hall–Kier alpha value is 0.410. The Morgan fingerprint density at radius 2 is 1.33 bits per heavy atom. The number of hydrogen-bond acceptors (Lipinski definition) is 7. The molecule has 0 saturated heterocycles. The van der Waals surface area contributed by atoms with Gasteiger partial charge in [0.1, 0.15) is 0 Å². The molecule has 0 aromatic carbocycles. The molecule has 0 heterocycles. The zero-order valence-electron chi connectivity index (χ0n) is 7.54. The van der Waals surface area contributed by atoms with E-state index < -0.39 is 23.5 Å². The highest BCUT2D eigenvalue weighted by atomic mass is 31.3. The molecule has 0 fully saturated rings. The van der Waals surface area contributed by atoms with Crippen LogP contribution in [0.5, 0.6) is 0 Å². The van der Waals surface area contributed by atoms with Crippen LogP contribution >= 0.6 is 23.5 Å². The molecule has 2 unspecified atom stereocenters. The fourth-order valence-corrected chi connectivity index (χ4v) is 3.61. The largest absolute Gasteiger partial charge is 0.492 e. The van der Waals surface area contributed by atoms with Crippen LogP contribution in [-0.4, -0.2) is 28.9 Å². The molecule has 0 bridgehead atoms. The van der Waals surface area contributed by atoms with Crippen LogP contribution in [0.1, 0.15) is 0 Å². The van der Waals surface area contributed by atoms with Gasteiger partial charge in [-0.25, -0.2) is 13.7 Å². The first-order valence-corrected chi connectivity index (χ1v) is 7.55. The van der Waals surface area contributed by atoms with E-state index in [1.165, 1.54) is 0 Å². The third-order valence-electron chi connectivity index (χ3n) is 0.864. The maximum absolute atomic E-state index is 11.2. The van der Waals surface area contributed by atoms with Crippen molar-refractivity contribution in [1.29, 1.82) is 0 Å². The summed E-state index contributed by atoms with van der Waals surface area (Å²) in [5.74, 6) is 0. The first-order chi connectivity index (χ1) is 6.54. The molecule has 0 aromatic heterocycles. The van der Waals surface area contributed by atoms with Gasteiger partial charge in [-0.1, -0.05) is 0 Å². The average Bonchev–Trinajstić information content (AvgIpc) is 2.00. The Labute approximate surface area is 84.6 Å². The van der Waals surface area contributed by atoms with Crippen molar-refractivity contribution in [3.8, 4) is 0 Å². The van der Waals surface area contributed by atoms with Crippen molar-refractivity contribution in [3.05, 3.63) is 0 Å².